The van der Waals surface area contributed by atoms with E-state index in [1.807, 2.05) is 0 Å². The quantitative estimate of drug-likeness (QED) is 0.647. The molecule has 5 heteroatoms. The highest BCUT2D eigenvalue weighted by atomic mass is 35.5. The van der Waals surface area contributed by atoms with E-state index >= 15 is 0 Å². The highest BCUT2D eigenvalue weighted by molar-refractivity contribution is 6.33. The fourth-order valence-corrected chi connectivity index (χ4v) is 1.48. The van der Waals surface area contributed by atoms with Gasteiger partial charge in [0.2, 0.25) is 0 Å². The topological polar surface area (TPSA) is 12.9 Å². The van der Waals surface area contributed by atoms with E-state index in [9.17, 15) is 8.78 Å². The Hall–Kier alpha value is -0.410. The van der Waals surface area contributed by atoms with Crippen LogP contribution in [0.3, 0.4) is 0 Å². The van der Waals surface area contributed by atoms with E-state index in [0.717, 1.165) is 0 Å². The summed E-state index contributed by atoms with van der Waals surface area (Å²) < 4.78 is 24.5. The molecule has 0 saturated carbocycles. The molecular weight excluding hydrogens is 207 g/mol. The Bertz CT molecular complexity index is 278. The molecule has 0 fully saturated rings. The van der Waals surface area contributed by atoms with Gasteiger partial charge in [-0.2, -0.15) is 0 Å². The van der Waals surface area contributed by atoms with Crippen molar-refractivity contribution in [3.8, 4) is 0 Å². The van der Waals surface area contributed by atoms with Crippen LogP contribution >= 0.6 is 23.2 Å². The van der Waals surface area contributed by atoms with Crippen LogP contribution in [0.25, 0.3) is 0 Å². The fourth-order valence-electron chi connectivity index (χ4n) is 0.868. The van der Waals surface area contributed by atoms with Crippen molar-refractivity contribution in [3.05, 3.63) is 27.5 Å². The first-order valence-electron chi connectivity index (χ1n) is 3.13. The van der Waals surface area contributed by atoms with E-state index in [-0.39, 0.29) is 15.9 Å². The van der Waals surface area contributed by atoms with Crippen LogP contribution in [0.15, 0.2) is 6.07 Å². The number of alkyl halides is 2. The van der Waals surface area contributed by atoms with Crippen molar-refractivity contribution in [3.63, 3.8) is 0 Å². The Morgan fingerprint density at radius 2 is 2.00 bits per heavy atom. The molecule has 0 bridgehead atoms. The van der Waals surface area contributed by atoms with Crippen LogP contribution in [0.2, 0.25) is 10.3 Å². The van der Waals surface area contributed by atoms with Crippen molar-refractivity contribution in [1.82, 2.24) is 4.98 Å². The first-order chi connectivity index (χ1) is 5.52. The van der Waals surface area contributed by atoms with Crippen LogP contribution in [-0.2, 0) is 0 Å². The highest BCUT2D eigenvalue weighted by Gasteiger charge is 2.16. The number of aromatic nitrogens is 1. The summed E-state index contributed by atoms with van der Waals surface area (Å²) in [6.07, 6.45) is -2.61. The zero-order valence-electron chi connectivity index (χ0n) is 6.11. The van der Waals surface area contributed by atoms with Gasteiger partial charge in [0, 0.05) is 0 Å². The maximum atomic E-state index is 12.3. The summed E-state index contributed by atoms with van der Waals surface area (Å²) in [5.74, 6) is 0. The summed E-state index contributed by atoms with van der Waals surface area (Å²) in [6.45, 7) is 1.51. The minimum Gasteiger partial charge on any atom is -0.224 e. The Morgan fingerprint density at radius 1 is 1.42 bits per heavy atom. The molecule has 0 unspecified atom stereocenters. The lowest BCUT2D eigenvalue weighted by Crippen LogP contribution is -1.93. The summed E-state index contributed by atoms with van der Waals surface area (Å²) in [5, 5.41) is -0.100. The molecule has 0 radical (unpaired) electrons. The molecule has 1 nitrogen and oxygen atoms in total. The number of nitrogens with zero attached hydrogens (tertiary/aromatic N) is 1. The number of hydrogen-bond acceptors (Lipinski definition) is 1. The van der Waals surface area contributed by atoms with Gasteiger partial charge in [-0.05, 0) is 18.6 Å². The molecule has 1 aromatic heterocycles. The summed E-state index contributed by atoms with van der Waals surface area (Å²) in [5.41, 5.74) is 0.107. The first-order valence-corrected chi connectivity index (χ1v) is 3.88. The summed E-state index contributed by atoms with van der Waals surface area (Å²) in [6, 6.07) is 1.36. The molecule has 0 aromatic carbocycles. The molecule has 0 aliphatic carbocycles. The number of aryl methyl sites for hydroxylation is 1. The molecule has 12 heavy (non-hydrogen) atoms. The van der Waals surface area contributed by atoms with Crippen LogP contribution in [0.1, 0.15) is 17.6 Å². The molecule has 0 aliphatic heterocycles. The van der Waals surface area contributed by atoms with Gasteiger partial charge in [0.1, 0.15) is 10.3 Å². The lowest BCUT2D eigenvalue weighted by Gasteiger charge is -2.05. The second kappa shape index (κ2) is 3.54. The van der Waals surface area contributed by atoms with Gasteiger partial charge in [0.05, 0.1) is 5.56 Å². The number of rotatable bonds is 1. The average molecular weight is 212 g/mol. The van der Waals surface area contributed by atoms with Gasteiger partial charge in [0.25, 0.3) is 6.43 Å². The second-order valence-electron chi connectivity index (χ2n) is 2.27. The van der Waals surface area contributed by atoms with Crippen LogP contribution in [0, 0.1) is 6.92 Å². The summed E-state index contributed by atoms with van der Waals surface area (Å²) in [7, 11) is 0. The molecular formula is C7H5Cl2F2N. The molecule has 66 valence electrons. The van der Waals surface area contributed by atoms with Gasteiger partial charge in [-0.1, -0.05) is 23.2 Å². The zero-order valence-corrected chi connectivity index (χ0v) is 7.63. The van der Waals surface area contributed by atoms with E-state index in [4.69, 9.17) is 23.2 Å². The fraction of sp³-hybridized carbons (Fsp3) is 0.286. The van der Waals surface area contributed by atoms with Gasteiger partial charge < -0.3 is 0 Å². The van der Waals surface area contributed by atoms with E-state index in [1.54, 1.807) is 0 Å². The van der Waals surface area contributed by atoms with Crippen molar-refractivity contribution >= 4 is 23.2 Å². The van der Waals surface area contributed by atoms with Gasteiger partial charge in [-0.3, -0.25) is 0 Å². The lowest BCUT2D eigenvalue weighted by molar-refractivity contribution is 0.150. The van der Waals surface area contributed by atoms with E-state index in [1.165, 1.54) is 13.0 Å². The van der Waals surface area contributed by atoms with Gasteiger partial charge >= 0.3 is 0 Å². The lowest BCUT2D eigenvalue weighted by atomic mass is 10.2. The summed E-state index contributed by atoms with van der Waals surface area (Å²) >= 11 is 10.9. The third-order valence-corrected chi connectivity index (χ3v) is 1.89. The van der Waals surface area contributed by atoms with Gasteiger partial charge in [-0.25, -0.2) is 13.8 Å². The standard InChI is InChI=1S/C7H5Cl2F2N/c1-3-2-4(8)12-6(9)5(3)7(10)11/h2,7H,1H3. The SMILES string of the molecule is Cc1cc(Cl)nc(Cl)c1C(F)F. The average Bonchev–Trinajstić information content (AvgIpc) is 1.82. The predicted molar refractivity (Wildman–Crippen MR) is 44.0 cm³/mol. The summed E-state index contributed by atoms with van der Waals surface area (Å²) in [4.78, 5) is 3.51. The Morgan fingerprint density at radius 3 is 2.42 bits per heavy atom. The Labute approximate surface area is 78.3 Å². The minimum atomic E-state index is -2.61. The molecule has 0 aliphatic rings. The zero-order chi connectivity index (χ0) is 9.30. The molecule has 0 N–H and O–H groups in total. The third-order valence-electron chi connectivity index (χ3n) is 1.41. The van der Waals surface area contributed by atoms with Crippen LogP contribution < -0.4 is 0 Å². The Balaban J connectivity index is 3.28. The van der Waals surface area contributed by atoms with Gasteiger partial charge in [0.15, 0.2) is 0 Å². The molecule has 1 rings (SSSR count). The maximum Gasteiger partial charge on any atom is 0.267 e. The highest BCUT2D eigenvalue weighted by Crippen LogP contribution is 2.29. The smallest absolute Gasteiger partial charge is 0.224 e. The van der Waals surface area contributed by atoms with Crippen LogP contribution in [-0.4, -0.2) is 4.98 Å². The second-order valence-corrected chi connectivity index (χ2v) is 3.01. The largest absolute Gasteiger partial charge is 0.267 e. The monoisotopic (exact) mass is 211 g/mol. The van der Waals surface area contributed by atoms with E-state index in [0.29, 0.717) is 5.56 Å². The number of pyridine rings is 1. The van der Waals surface area contributed by atoms with E-state index < -0.39 is 6.43 Å². The molecule has 0 atom stereocenters. The van der Waals surface area contributed by atoms with Crippen molar-refractivity contribution in [1.29, 1.82) is 0 Å². The van der Waals surface area contributed by atoms with Gasteiger partial charge in [-0.15, -0.1) is 0 Å². The maximum absolute atomic E-state index is 12.3. The minimum absolute atomic E-state index is 0.127. The van der Waals surface area contributed by atoms with E-state index in [2.05, 4.69) is 4.98 Å². The first kappa shape index (κ1) is 9.68. The molecule has 0 saturated heterocycles. The normalized spacial score (nSPS) is 10.8. The van der Waals surface area contributed by atoms with Crippen molar-refractivity contribution in [2.45, 2.75) is 13.3 Å². The van der Waals surface area contributed by atoms with Crippen molar-refractivity contribution < 1.29 is 8.78 Å². The molecule has 1 heterocycles. The Kier molecular flexibility index (Phi) is 2.85. The third kappa shape index (κ3) is 1.84. The van der Waals surface area contributed by atoms with Crippen LogP contribution in [0.5, 0.6) is 0 Å². The number of halogens is 4. The predicted octanol–water partition coefficient (Wildman–Crippen LogP) is 3.63. The van der Waals surface area contributed by atoms with Crippen molar-refractivity contribution in [2.24, 2.45) is 0 Å². The van der Waals surface area contributed by atoms with Crippen molar-refractivity contribution in [2.75, 3.05) is 0 Å². The van der Waals surface area contributed by atoms with Crippen LogP contribution in [0.4, 0.5) is 8.78 Å². The molecule has 1 aromatic rings. The molecule has 0 spiro atoms. The number of hydrogen-bond donors (Lipinski definition) is 0. The molecule has 0 amide bonds.